The van der Waals surface area contributed by atoms with Crippen LogP contribution in [0.2, 0.25) is 0 Å². The number of rotatable bonds is 4. The smallest absolute Gasteiger partial charge is 0.276 e. The molecule has 2 heterocycles. The summed E-state index contributed by atoms with van der Waals surface area (Å²) >= 11 is 0. The van der Waals surface area contributed by atoms with Gasteiger partial charge in [0.15, 0.2) is 0 Å². The zero-order valence-electron chi connectivity index (χ0n) is 10.2. The maximum Gasteiger partial charge on any atom is 0.276 e. The van der Waals surface area contributed by atoms with Crippen molar-refractivity contribution in [1.82, 2.24) is 10.5 Å². The number of aromatic nitrogens is 1. The third-order valence-corrected chi connectivity index (χ3v) is 2.65. The molecule has 98 valence electrons. The van der Waals surface area contributed by atoms with Crippen molar-refractivity contribution in [1.29, 1.82) is 0 Å². The highest BCUT2D eigenvalue weighted by Crippen LogP contribution is 2.15. The van der Waals surface area contributed by atoms with Crippen LogP contribution < -0.4 is 10.2 Å². The molecule has 0 spiro atoms. The number of amides is 1. The molecule has 0 aromatic carbocycles. The van der Waals surface area contributed by atoms with Crippen LogP contribution in [0.1, 0.15) is 23.2 Å². The van der Waals surface area contributed by atoms with Gasteiger partial charge in [-0.2, -0.15) is 0 Å². The van der Waals surface area contributed by atoms with Crippen molar-refractivity contribution in [3.8, 4) is 5.88 Å². The maximum atomic E-state index is 11.4. The molecular weight excluding hydrogens is 236 g/mol. The van der Waals surface area contributed by atoms with Crippen LogP contribution in [0.5, 0.6) is 5.88 Å². The lowest BCUT2D eigenvalue weighted by molar-refractivity contribution is 0.0237. The van der Waals surface area contributed by atoms with E-state index in [0.29, 0.717) is 11.4 Å². The third-order valence-electron chi connectivity index (χ3n) is 2.65. The van der Waals surface area contributed by atoms with Gasteiger partial charge in [0.25, 0.3) is 5.91 Å². The Bertz CT molecular complexity index is 388. The number of hydroxylamine groups is 1. The highest BCUT2D eigenvalue weighted by atomic mass is 16.6. The van der Waals surface area contributed by atoms with Crippen molar-refractivity contribution in [2.24, 2.45) is 0 Å². The first-order valence-electron chi connectivity index (χ1n) is 5.83. The van der Waals surface area contributed by atoms with Gasteiger partial charge >= 0.3 is 0 Å². The van der Waals surface area contributed by atoms with E-state index >= 15 is 0 Å². The fourth-order valence-corrected chi connectivity index (χ4v) is 1.70. The number of nitrogens with one attached hydrogen (secondary N) is 1. The number of hydrogen-bond acceptors (Lipinski definition) is 5. The van der Waals surface area contributed by atoms with Crippen molar-refractivity contribution in [2.45, 2.75) is 18.9 Å². The van der Waals surface area contributed by atoms with Crippen molar-refractivity contribution >= 4 is 5.91 Å². The standard InChI is InChI=1S/C12H16N2O4/c1-16-14-12(15)9-2-3-11(13-8-9)18-10-4-6-17-7-5-10/h2-3,8,10H,4-7H2,1H3,(H,14,15). The Morgan fingerprint density at radius 1 is 1.44 bits per heavy atom. The van der Waals surface area contributed by atoms with Crippen LogP contribution in [0.25, 0.3) is 0 Å². The van der Waals surface area contributed by atoms with E-state index in [1.165, 1.54) is 13.3 Å². The second kappa shape index (κ2) is 6.32. The minimum absolute atomic E-state index is 0.143. The fraction of sp³-hybridized carbons (Fsp3) is 0.500. The van der Waals surface area contributed by atoms with Gasteiger partial charge in [-0.05, 0) is 6.07 Å². The van der Waals surface area contributed by atoms with Crippen LogP contribution in [0, 0.1) is 0 Å². The molecule has 0 bridgehead atoms. The molecule has 0 unspecified atom stereocenters. The fourth-order valence-electron chi connectivity index (χ4n) is 1.70. The lowest BCUT2D eigenvalue weighted by Gasteiger charge is -2.22. The number of carbonyl (C=O) groups excluding carboxylic acids is 1. The summed E-state index contributed by atoms with van der Waals surface area (Å²) in [7, 11) is 1.38. The largest absolute Gasteiger partial charge is 0.474 e. The molecule has 1 aromatic heterocycles. The van der Waals surface area contributed by atoms with Gasteiger partial charge in [0.05, 0.1) is 25.9 Å². The van der Waals surface area contributed by atoms with Crippen molar-refractivity contribution in [2.75, 3.05) is 20.3 Å². The first kappa shape index (κ1) is 12.8. The van der Waals surface area contributed by atoms with Gasteiger partial charge in [-0.25, -0.2) is 10.5 Å². The average molecular weight is 252 g/mol. The summed E-state index contributed by atoms with van der Waals surface area (Å²) in [6.45, 7) is 1.44. The second-order valence-corrected chi connectivity index (χ2v) is 3.95. The summed E-state index contributed by atoms with van der Waals surface area (Å²) in [5, 5.41) is 0. The molecule has 0 atom stereocenters. The molecule has 1 N–H and O–H groups in total. The van der Waals surface area contributed by atoms with E-state index in [0.717, 1.165) is 26.1 Å². The highest BCUT2D eigenvalue weighted by molar-refractivity contribution is 5.93. The number of pyridine rings is 1. The Labute approximate surface area is 105 Å². The number of hydrogen-bond donors (Lipinski definition) is 1. The number of carbonyl (C=O) groups is 1. The van der Waals surface area contributed by atoms with Crippen molar-refractivity contribution in [3.63, 3.8) is 0 Å². The molecule has 18 heavy (non-hydrogen) atoms. The summed E-state index contributed by atoms with van der Waals surface area (Å²) in [5.41, 5.74) is 2.65. The van der Waals surface area contributed by atoms with E-state index in [2.05, 4.69) is 15.3 Å². The van der Waals surface area contributed by atoms with Crippen LogP contribution in [-0.2, 0) is 9.57 Å². The Morgan fingerprint density at radius 3 is 2.83 bits per heavy atom. The summed E-state index contributed by atoms with van der Waals surface area (Å²) in [6.07, 6.45) is 3.34. The molecule has 1 aromatic rings. The van der Waals surface area contributed by atoms with E-state index in [9.17, 15) is 4.79 Å². The molecule has 0 saturated carbocycles. The lowest BCUT2D eigenvalue weighted by atomic mass is 10.1. The van der Waals surface area contributed by atoms with E-state index in [-0.39, 0.29) is 12.0 Å². The summed E-state index contributed by atoms with van der Waals surface area (Å²) in [6, 6.07) is 3.33. The highest BCUT2D eigenvalue weighted by Gasteiger charge is 2.16. The first-order chi connectivity index (χ1) is 8.79. The predicted octanol–water partition coefficient (Wildman–Crippen LogP) is 0.931. The summed E-state index contributed by atoms with van der Waals surface area (Å²) in [4.78, 5) is 20.0. The van der Waals surface area contributed by atoms with Gasteiger partial charge in [0.1, 0.15) is 6.10 Å². The molecule has 6 heteroatoms. The van der Waals surface area contributed by atoms with Gasteiger partial charge in [0, 0.05) is 25.1 Å². The normalized spacial score (nSPS) is 16.3. The van der Waals surface area contributed by atoms with Gasteiger partial charge in [-0.3, -0.25) is 9.63 Å². The van der Waals surface area contributed by atoms with E-state index in [1.807, 2.05) is 0 Å². The predicted molar refractivity (Wildman–Crippen MR) is 63.2 cm³/mol. The van der Waals surface area contributed by atoms with Crippen LogP contribution in [-0.4, -0.2) is 37.3 Å². The van der Waals surface area contributed by atoms with Crippen molar-refractivity contribution < 1.29 is 19.1 Å². The Kier molecular flexibility index (Phi) is 4.49. The van der Waals surface area contributed by atoms with Gasteiger partial charge in [-0.1, -0.05) is 0 Å². The molecule has 6 nitrogen and oxygen atoms in total. The first-order valence-corrected chi connectivity index (χ1v) is 5.83. The molecule has 1 aliphatic heterocycles. The second-order valence-electron chi connectivity index (χ2n) is 3.95. The minimum Gasteiger partial charge on any atom is -0.474 e. The molecule has 1 amide bonds. The zero-order valence-corrected chi connectivity index (χ0v) is 10.2. The Morgan fingerprint density at radius 2 is 2.22 bits per heavy atom. The van der Waals surface area contributed by atoms with Crippen LogP contribution in [0.15, 0.2) is 18.3 Å². The molecule has 1 aliphatic rings. The van der Waals surface area contributed by atoms with Gasteiger partial charge in [0.2, 0.25) is 5.88 Å². The third kappa shape index (κ3) is 3.41. The van der Waals surface area contributed by atoms with Gasteiger partial charge in [-0.15, -0.1) is 0 Å². The Balaban J connectivity index is 1.92. The maximum absolute atomic E-state index is 11.4. The summed E-state index contributed by atoms with van der Waals surface area (Å²) < 4.78 is 10.9. The van der Waals surface area contributed by atoms with E-state index < -0.39 is 0 Å². The van der Waals surface area contributed by atoms with Crippen LogP contribution in [0.3, 0.4) is 0 Å². The molecule has 0 aliphatic carbocycles. The Hall–Kier alpha value is -1.66. The van der Waals surface area contributed by atoms with Crippen LogP contribution >= 0.6 is 0 Å². The SMILES string of the molecule is CONC(=O)c1ccc(OC2CCOCC2)nc1. The molecule has 0 radical (unpaired) electrons. The van der Waals surface area contributed by atoms with E-state index in [1.54, 1.807) is 12.1 Å². The minimum atomic E-state index is -0.331. The topological polar surface area (TPSA) is 69.7 Å². The lowest BCUT2D eigenvalue weighted by Crippen LogP contribution is -2.26. The molecule has 1 fully saturated rings. The quantitative estimate of drug-likeness (QED) is 0.807. The van der Waals surface area contributed by atoms with Gasteiger partial charge < -0.3 is 9.47 Å². The number of ether oxygens (including phenoxy) is 2. The average Bonchev–Trinajstić information content (AvgIpc) is 2.41. The van der Waals surface area contributed by atoms with Crippen LogP contribution in [0.4, 0.5) is 0 Å². The molecule has 1 saturated heterocycles. The molecule has 2 rings (SSSR count). The monoisotopic (exact) mass is 252 g/mol. The summed E-state index contributed by atoms with van der Waals surface area (Å²) in [5.74, 6) is 0.193. The molecular formula is C12H16N2O4. The zero-order chi connectivity index (χ0) is 12.8. The van der Waals surface area contributed by atoms with E-state index in [4.69, 9.17) is 9.47 Å². The van der Waals surface area contributed by atoms with Crippen molar-refractivity contribution in [3.05, 3.63) is 23.9 Å². The number of nitrogens with zero attached hydrogens (tertiary/aromatic N) is 1.